The topological polar surface area (TPSA) is 55.0 Å². The van der Waals surface area contributed by atoms with Crippen LogP contribution in [0, 0.1) is 6.92 Å². The Morgan fingerprint density at radius 3 is 2.78 bits per heavy atom. The molecule has 4 nitrogen and oxygen atoms in total. The second kappa shape index (κ2) is 6.26. The maximum absolute atomic E-state index is 11.0. The van der Waals surface area contributed by atoms with E-state index >= 15 is 0 Å². The average molecular weight is 262 g/mol. The van der Waals surface area contributed by atoms with Crippen molar-refractivity contribution in [2.45, 2.75) is 12.1 Å². The Morgan fingerprint density at radius 2 is 2.06 bits per heavy atom. The first-order chi connectivity index (χ1) is 8.74. The minimum absolute atomic E-state index is 0.132. The van der Waals surface area contributed by atoms with E-state index in [1.807, 2.05) is 31.2 Å². The van der Waals surface area contributed by atoms with Gasteiger partial charge in [0.25, 0.3) is 5.56 Å². The standard InChI is InChI=1S/C13H14N2O2S/c1-10-2-4-11(5-3-10)17-8-9-18-13-14-7-6-12(16)15-13/h2-7H,8-9H2,1H3,(H,14,15,16). The quantitative estimate of drug-likeness (QED) is 0.510. The van der Waals surface area contributed by atoms with E-state index in [0.717, 1.165) is 11.5 Å². The molecule has 0 spiro atoms. The van der Waals surface area contributed by atoms with E-state index in [9.17, 15) is 4.79 Å². The Morgan fingerprint density at radius 1 is 1.28 bits per heavy atom. The van der Waals surface area contributed by atoms with Crippen LogP contribution in [0.25, 0.3) is 0 Å². The molecule has 0 radical (unpaired) electrons. The van der Waals surface area contributed by atoms with Crippen LogP contribution in [0.1, 0.15) is 5.56 Å². The molecule has 0 amide bonds. The van der Waals surface area contributed by atoms with Gasteiger partial charge in [-0.3, -0.25) is 4.79 Å². The number of ether oxygens (including phenoxy) is 1. The lowest BCUT2D eigenvalue weighted by Crippen LogP contribution is -2.07. The molecule has 0 unspecified atom stereocenters. The smallest absolute Gasteiger partial charge is 0.251 e. The van der Waals surface area contributed by atoms with Gasteiger partial charge in [0.15, 0.2) is 5.16 Å². The Labute approximate surface area is 109 Å². The highest BCUT2D eigenvalue weighted by atomic mass is 32.2. The van der Waals surface area contributed by atoms with Gasteiger partial charge in [0, 0.05) is 18.0 Å². The van der Waals surface area contributed by atoms with Gasteiger partial charge in [0.2, 0.25) is 0 Å². The van der Waals surface area contributed by atoms with Crippen molar-refractivity contribution in [2.24, 2.45) is 0 Å². The lowest BCUT2D eigenvalue weighted by atomic mass is 10.2. The van der Waals surface area contributed by atoms with Crippen molar-refractivity contribution in [3.63, 3.8) is 0 Å². The van der Waals surface area contributed by atoms with Crippen LogP contribution in [0.15, 0.2) is 46.5 Å². The second-order valence-corrected chi connectivity index (χ2v) is 4.83. The van der Waals surface area contributed by atoms with Crippen molar-refractivity contribution in [3.8, 4) is 5.75 Å². The Balaban J connectivity index is 1.76. The Hall–Kier alpha value is -1.75. The van der Waals surface area contributed by atoms with E-state index in [1.54, 1.807) is 0 Å². The fourth-order valence-electron chi connectivity index (χ4n) is 1.36. The monoisotopic (exact) mass is 262 g/mol. The molecule has 1 aromatic heterocycles. The third-order valence-corrected chi connectivity index (χ3v) is 3.11. The van der Waals surface area contributed by atoms with E-state index in [0.29, 0.717) is 11.8 Å². The number of benzene rings is 1. The minimum Gasteiger partial charge on any atom is -0.493 e. The molecule has 0 aliphatic rings. The summed E-state index contributed by atoms with van der Waals surface area (Å²) in [6, 6.07) is 9.32. The van der Waals surface area contributed by atoms with E-state index < -0.39 is 0 Å². The summed E-state index contributed by atoms with van der Waals surface area (Å²) in [6.07, 6.45) is 1.50. The zero-order valence-corrected chi connectivity index (χ0v) is 10.9. The highest BCUT2D eigenvalue weighted by Crippen LogP contribution is 2.13. The van der Waals surface area contributed by atoms with Gasteiger partial charge in [-0.05, 0) is 19.1 Å². The van der Waals surface area contributed by atoms with E-state index in [-0.39, 0.29) is 5.56 Å². The van der Waals surface area contributed by atoms with Crippen LogP contribution in [0.2, 0.25) is 0 Å². The van der Waals surface area contributed by atoms with Crippen LogP contribution in [0.3, 0.4) is 0 Å². The van der Waals surface area contributed by atoms with E-state index in [4.69, 9.17) is 4.74 Å². The zero-order chi connectivity index (χ0) is 12.8. The summed E-state index contributed by atoms with van der Waals surface area (Å²) in [5, 5.41) is 0.620. The predicted molar refractivity (Wildman–Crippen MR) is 72.3 cm³/mol. The number of H-pyrrole nitrogens is 1. The SMILES string of the molecule is Cc1ccc(OCCSc2nccc(=O)[nH]2)cc1. The molecule has 5 heteroatoms. The van der Waals surface area contributed by atoms with Crippen molar-refractivity contribution >= 4 is 11.8 Å². The summed E-state index contributed by atoms with van der Waals surface area (Å²) >= 11 is 1.47. The first-order valence-corrected chi connectivity index (χ1v) is 6.60. The van der Waals surface area contributed by atoms with Gasteiger partial charge >= 0.3 is 0 Å². The molecular weight excluding hydrogens is 248 g/mol. The number of thioether (sulfide) groups is 1. The Kier molecular flexibility index (Phi) is 4.41. The number of hydrogen-bond donors (Lipinski definition) is 1. The molecule has 0 atom stereocenters. The first-order valence-electron chi connectivity index (χ1n) is 5.61. The minimum atomic E-state index is -0.132. The molecule has 0 aliphatic heterocycles. The van der Waals surface area contributed by atoms with Crippen LogP contribution >= 0.6 is 11.8 Å². The van der Waals surface area contributed by atoms with E-state index in [1.165, 1.54) is 29.6 Å². The molecule has 0 fully saturated rings. The molecule has 1 heterocycles. The van der Waals surface area contributed by atoms with Crippen molar-refractivity contribution < 1.29 is 4.74 Å². The third-order valence-electron chi connectivity index (χ3n) is 2.26. The number of aromatic nitrogens is 2. The lowest BCUT2D eigenvalue weighted by Gasteiger charge is -2.05. The highest BCUT2D eigenvalue weighted by Gasteiger charge is 1.97. The van der Waals surface area contributed by atoms with Gasteiger partial charge in [-0.1, -0.05) is 29.5 Å². The molecule has 0 bridgehead atoms. The number of aromatic amines is 1. The van der Waals surface area contributed by atoms with Gasteiger partial charge in [-0.2, -0.15) is 0 Å². The predicted octanol–water partition coefficient (Wildman–Crippen LogP) is 2.25. The summed E-state index contributed by atoms with van der Waals surface area (Å²) in [4.78, 5) is 17.7. The van der Waals surface area contributed by atoms with Crippen LogP contribution in [0.5, 0.6) is 5.75 Å². The van der Waals surface area contributed by atoms with Crippen molar-refractivity contribution in [2.75, 3.05) is 12.4 Å². The van der Waals surface area contributed by atoms with Crippen LogP contribution in [-0.2, 0) is 0 Å². The van der Waals surface area contributed by atoms with Crippen LogP contribution in [0.4, 0.5) is 0 Å². The molecule has 0 aliphatic carbocycles. The molecular formula is C13H14N2O2S. The van der Waals surface area contributed by atoms with Gasteiger partial charge in [-0.15, -0.1) is 0 Å². The van der Waals surface area contributed by atoms with Crippen LogP contribution < -0.4 is 10.3 Å². The summed E-state index contributed by atoms with van der Waals surface area (Å²) in [5.41, 5.74) is 1.08. The van der Waals surface area contributed by atoms with E-state index in [2.05, 4.69) is 9.97 Å². The highest BCUT2D eigenvalue weighted by molar-refractivity contribution is 7.99. The second-order valence-electron chi connectivity index (χ2n) is 3.75. The van der Waals surface area contributed by atoms with Gasteiger partial charge in [0.05, 0.1) is 6.61 Å². The fraction of sp³-hybridized carbons (Fsp3) is 0.231. The van der Waals surface area contributed by atoms with Gasteiger partial charge in [-0.25, -0.2) is 4.98 Å². The maximum Gasteiger partial charge on any atom is 0.251 e. The van der Waals surface area contributed by atoms with Gasteiger partial charge < -0.3 is 9.72 Å². The number of nitrogens with one attached hydrogen (secondary N) is 1. The number of rotatable bonds is 5. The average Bonchev–Trinajstić information content (AvgIpc) is 2.37. The van der Waals surface area contributed by atoms with Crippen molar-refractivity contribution in [1.29, 1.82) is 0 Å². The normalized spacial score (nSPS) is 10.3. The largest absolute Gasteiger partial charge is 0.493 e. The first kappa shape index (κ1) is 12.7. The number of hydrogen-bond acceptors (Lipinski definition) is 4. The zero-order valence-electron chi connectivity index (χ0n) is 10.1. The molecule has 2 aromatic rings. The molecule has 2 rings (SSSR count). The lowest BCUT2D eigenvalue weighted by molar-refractivity contribution is 0.344. The summed E-state index contributed by atoms with van der Waals surface area (Å²) < 4.78 is 5.57. The number of aryl methyl sites for hydroxylation is 1. The molecule has 1 N–H and O–H groups in total. The van der Waals surface area contributed by atoms with Crippen LogP contribution in [-0.4, -0.2) is 22.3 Å². The van der Waals surface area contributed by atoms with Crippen molar-refractivity contribution in [1.82, 2.24) is 9.97 Å². The van der Waals surface area contributed by atoms with Crippen molar-refractivity contribution in [3.05, 3.63) is 52.4 Å². The maximum atomic E-state index is 11.0. The molecule has 18 heavy (non-hydrogen) atoms. The fourth-order valence-corrected chi connectivity index (χ4v) is 2.03. The Bertz CT molecular complexity index is 551. The van der Waals surface area contributed by atoms with Gasteiger partial charge in [0.1, 0.15) is 5.75 Å². The molecule has 1 aromatic carbocycles. The number of nitrogens with zero attached hydrogens (tertiary/aromatic N) is 1. The summed E-state index contributed by atoms with van der Waals surface area (Å²) in [6.45, 7) is 2.61. The third kappa shape index (κ3) is 3.92. The summed E-state index contributed by atoms with van der Waals surface area (Å²) in [7, 11) is 0. The summed E-state index contributed by atoms with van der Waals surface area (Å²) in [5.74, 6) is 1.59. The molecule has 0 saturated carbocycles. The molecule has 0 saturated heterocycles. The molecule has 94 valence electrons.